The Morgan fingerprint density at radius 3 is 1.90 bits per heavy atom. The van der Waals surface area contributed by atoms with Crippen LogP contribution >= 0.6 is 0 Å². The Morgan fingerprint density at radius 1 is 0.392 bits per heavy atom. The van der Waals surface area contributed by atoms with Gasteiger partial charge in [-0.1, -0.05) is 121 Å². The third-order valence-electron chi connectivity index (χ3n) is 10.0. The number of furan rings is 2. The molecule has 0 fully saturated rings. The molecule has 0 atom stereocenters. The van der Waals surface area contributed by atoms with Crippen LogP contribution in [0.15, 0.2) is 173 Å². The highest BCUT2D eigenvalue weighted by Gasteiger charge is 2.21. The van der Waals surface area contributed by atoms with E-state index in [1.807, 2.05) is 60.7 Å². The number of aromatic nitrogens is 3. The molecule has 238 valence electrons. The molecule has 11 aromatic rings. The first-order valence-electron chi connectivity index (χ1n) is 17.1. The van der Waals surface area contributed by atoms with Gasteiger partial charge in [-0.25, -0.2) is 9.97 Å². The molecule has 0 aliphatic rings. The van der Waals surface area contributed by atoms with E-state index in [2.05, 4.69) is 108 Å². The standard InChI is InChI=1S/C46H27N3O2/c1-3-13-28(14-4-1)37-26-38(48-46(47-37)29-15-5-2-6-16-29)34-21-11-19-32-33-20-12-23-40(45(33)51-44(32)34)49-39-22-9-7-17-30(39)35-25-36-31-18-8-10-24-42(31)50-43(36)27-41(35)49/h1-27H. The molecular weight excluding hydrogens is 627 g/mol. The van der Waals surface area contributed by atoms with E-state index in [4.69, 9.17) is 18.8 Å². The lowest BCUT2D eigenvalue weighted by Crippen LogP contribution is -1.96. The molecule has 11 rings (SSSR count). The highest BCUT2D eigenvalue weighted by Crippen LogP contribution is 2.42. The largest absolute Gasteiger partial charge is 0.456 e. The van der Waals surface area contributed by atoms with E-state index in [9.17, 15) is 0 Å². The molecule has 0 aliphatic heterocycles. The van der Waals surface area contributed by atoms with E-state index in [1.165, 1.54) is 10.8 Å². The molecule has 0 radical (unpaired) electrons. The highest BCUT2D eigenvalue weighted by atomic mass is 16.3. The van der Waals surface area contributed by atoms with E-state index < -0.39 is 0 Å². The number of fused-ring (bicyclic) bond motifs is 9. The van der Waals surface area contributed by atoms with Crippen LogP contribution in [-0.4, -0.2) is 14.5 Å². The van der Waals surface area contributed by atoms with Gasteiger partial charge in [0.15, 0.2) is 11.4 Å². The van der Waals surface area contributed by atoms with Crippen LogP contribution < -0.4 is 0 Å². The Balaban J connectivity index is 1.17. The van der Waals surface area contributed by atoms with Gasteiger partial charge in [-0.3, -0.25) is 0 Å². The van der Waals surface area contributed by atoms with Gasteiger partial charge in [0.1, 0.15) is 16.7 Å². The molecule has 4 heterocycles. The van der Waals surface area contributed by atoms with Crippen LogP contribution in [0, 0.1) is 0 Å². The van der Waals surface area contributed by atoms with Crippen LogP contribution in [0.1, 0.15) is 0 Å². The fourth-order valence-corrected chi connectivity index (χ4v) is 7.69. The zero-order valence-electron chi connectivity index (χ0n) is 27.2. The summed E-state index contributed by atoms with van der Waals surface area (Å²) in [7, 11) is 0. The Bertz CT molecular complexity index is 3080. The van der Waals surface area contributed by atoms with Crippen LogP contribution in [-0.2, 0) is 0 Å². The van der Waals surface area contributed by atoms with Crippen LogP contribution in [0.5, 0.6) is 0 Å². The fourth-order valence-electron chi connectivity index (χ4n) is 7.69. The number of nitrogens with zero attached hydrogens (tertiary/aromatic N) is 3. The zero-order valence-corrected chi connectivity index (χ0v) is 27.2. The van der Waals surface area contributed by atoms with Gasteiger partial charge >= 0.3 is 0 Å². The third kappa shape index (κ3) is 4.22. The van der Waals surface area contributed by atoms with Crippen LogP contribution in [0.4, 0.5) is 0 Å². The molecule has 4 aromatic heterocycles. The molecule has 7 aromatic carbocycles. The number of hydrogen-bond acceptors (Lipinski definition) is 4. The third-order valence-corrected chi connectivity index (χ3v) is 10.0. The summed E-state index contributed by atoms with van der Waals surface area (Å²) in [5, 5.41) is 6.65. The molecule has 0 amide bonds. The Hall–Kier alpha value is -6.98. The van der Waals surface area contributed by atoms with Gasteiger partial charge in [-0.05, 0) is 36.4 Å². The van der Waals surface area contributed by atoms with E-state index in [1.54, 1.807) is 0 Å². The Labute approximate surface area is 291 Å². The summed E-state index contributed by atoms with van der Waals surface area (Å²) in [5.41, 5.74) is 11.0. The van der Waals surface area contributed by atoms with Crippen molar-refractivity contribution in [3.8, 4) is 39.6 Å². The number of rotatable bonds is 4. The van der Waals surface area contributed by atoms with E-state index in [0.29, 0.717) is 5.82 Å². The average Bonchev–Trinajstić information content (AvgIpc) is 3.87. The minimum Gasteiger partial charge on any atom is -0.456 e. The summed E-state index contributed by atoms with van der Waals surface area (Å²) in [6, 6.07) is 56.4. The van der Waals surface area contributed by atoms with Crippen molar-refractivity contribution in [1.82, 2.24) is 14.5 Å². The maximum atomic E-state index is 7.01. The summed E-state index contributed by atoms with van der Waals surface area (Å²) in [6.07, 6.45) is 0. The lowest BCUT2D eigenvalue weighted by molar-refractivity contribution is 0.666. The first kappa shape index (κ1) is 27.9. The average molecular weight is 654 g/mol. The van der Waals surface area contributed by atoms with Crippen LogP contribution in [0.3, 0.4) is 0 Å². The van der Waals surface area contributed by atoms with Crippen molar-refractivity contribution in [2.24, 2.45) is 0 Å². The maximum Gasteiger partial charge on any atom is 0.160 e. The van der Waals surface area contributed by atoms with Crippen molar-refractivity contribution < 1.29 is 8.83 Å². The summed E-state index contributed by atoms with van der Waals surface area (Å²) < 4.78 is 15.7. The smallest absolute Gasteiger partial charge is 0.160 e. The number of hydrogen-bond donors (Lipinski definition) is 0. The van der Waals surface area contributed by atoms with Gasteiger partial charge in [0.25, 0.3) is 0 Å². The van der Waals surface area contributed by atoms with E-state index in [-0.39, 0.29) is 0 Å². The highest BCUT2D eigenvalue weighted by molar-refractivity contribution is 6.18. The SMILES string of the molecule is c1ccc(-c2cc(-c3cccc4c3oc3c(-n5c6ccccc6c6cc7c(cc65)oc5ccccc57)cccc34)nc(-c3ccccc3)n2)cc1. The van der Waals surface area contributed by atoms with Crippen LogP contribution in [0.2, 0.25) is 0 Å². The molecule has 0 unspecified atom stereocenters. The second kappa shape index (κ2) is 10.8. The molecule has 0 saturated carbocycles. The van der Waals surface area contributed by atoms with Gasteiger partial charge in [-0.2, -0.15) is 0 Å². The minimum absolute atomic E-state index is 0.669. The van der Waals surface area contributed by atoms with Gasteiger partial charge in [0, 0.05) is 55.1 Å². The Morgan fingerprint density at radius 2 is 1.06 bits per heavy atom. The van der Waals surface area contributed by atoms with Crippen molar-refractivity contribution in [2.75, 3.05) is 0 Å². The lowest BCUT2D eigenvalue weighted by atomic mass is 10.0. The van der Waals surface area contributed by atoms with Crippen molar-refractivity contribution in [3.63, 3.8) is 0 Å². The summed E-state index contributed by atoms with van der Waals surface area (Å²) in [6.45, 7) is 0. The van der Waals surface area contributed by atoms with Crippen molar-refractivity contribution in [3.05, 3.63) is 164 Å². The molecular formula is C46H27N3O2. The van der Waals surface area contributed by atoms with E-state index >= 15 is 0 Å². The monoisotopic (exact) mass is 653 g/mol. The molecule has 0 saturated heterocycles. The van der Waals surface area contributed by atoms with Crippen LogP contribution in [0.25, 0.3) is 105 Å². The number of para-hydroxylation sites is 4. The first-order chi connectivity index (χ1) is 25.3. The summed E-state index contributed by atoms with van der Waals surface area (Å²) in [5.74, 6) is 0.669. The minimum atomic E-state index is 0.669. The normalized spacial score (nSPS) is 11.9. The lowest BCUT2D eigenvalue weighted by Gasteiger charge is -2.10. The molecule has 0 N–H and O–H groups in total. The predicted octanol–water partition coefficient (Wildman–Crippen LogP) is 12.4. The molecule has 5 heteroatoms. The summed E-state index contributed by atoms with van der Waals surface area (Å²) >= 11 is 0. The fraction of sp³-hybridized carbons (Fsp3) is 0. The van der Waals surface area contributed by atoms with Crippen molar-refractivity contribution >= 4 is 65.7 Å². The maximum absolute atomic E-state index is 7.01. The van der Waals surface area contributed by atoms with Gasteiger partial charge in [0.2, 0.25) is 0 Å². The van der Waals surface area contributed by atoms with Gasteiger partial charge in [-0.15, -0.1) is 0 Å². The van der Waals surface area contributed by atoms with Crippen molar-refractivity contribution in [1.29, 1.82) is 0 Å². The predicted molar refractivity (Wildman–Crippen MR) is 207 cm³/mol. The second-order valence-corrected chi connectivity index (χ2v) is 12.9. The zero-order chi connectivity index (χ0) is 33.5. The van der Waals surface area contributed by atoms with Crippen molar-refractivity contribution in [2.45, 2.75) is 0 Å². The molecule has 0 aliphatic carbocycles. The molecule has 0 spiro atoms. The summed E-state index contributed by atoms with van der Waals surface area (Å²) in [4.78, 5) is 10.1. The molecule has 0 bridgehead atoms. The Kier molecular flexibility index (Phi) is 5.89. The van der Waals surface area contributed by atoms with Gasteiger partial charge in [0.05, 0.1) is 28.1 Å². The van der Waals surface area contributed by atoms with E-state index in [0.717, 1.165) is 88.7 Å². The first-order valence-corrected chi connectivity index (χ1v) is 17.1. The van der Waals surface area contributed by atoms with Gasteiger partial charge < -0.3 is 13.4 Å². The quantitative estimate of drug-likeness (QED) is 0.190. The molecule has 51 heavy (non-hydrogen) atoms. The molecule has 5 nitrogen and oxygen atoms in total. The second-order valence-electron chi connectivity index (χ2n) is 12.9. The topological polar surface area (TPSA) is 57.0 Å². The number of benzene rings is 7.